The molecular formula is C13H19N3O3S. The van der Waals surface area contributed by atoms with E-state index in [1.165, 1.54) is 6.07 Å². The SMILES string of the molecule is Cc1cc(N)c(S(=O)(=O)NC2CCCNC2=O)cc1C. The maximum atomic E-state index is 12.4. The van der Waals surface area contributed by atoms with E-state index in [1.807, 2.05) is 13.8 Å². The molecule has 0 aliphatic carbocycles. The smallest absolute Gasteiger partial charge is 0.243 e. The highest BCUT2D eigenvalue weighted by atomic mass is 32.2. The molecule has 1 aliphatic rings. The van der Waals surface area contributed by atoms with Gasteiger partial charge in [0.2, 0.25) is 15.9 Å². The zero-order chi connectivity index (χ0) is 14.9. The fraction of sp³-hybridized carbons (Fsp3) is 0.462. The molecule has 7 heteroatoms. The summed E-state index contributed by atoms with van der Waals surface area (Å²) in [4.78, 5) is 11.7. The Morgan fingerprint density at radius 1 is 1.30 bits per heavy atom. The van der Waals surface area contributed by atoms with Gasteiger partial charge in [-0.2, -0.15) is 4.72 Å². The molecular weight excluding hydrogens is 278 g/mol. The van der Waals surface area contributed by atoms with Crippen molar-refractivity contribution in [1.82, 2.24) is 10.0 Å². The van der Waals surface area contributed by atoms with Crippen molar-refractivity contribution >= 4 is 21.6 Å². The van der Waals surface area contributed by atoms with Gasteiger partial charge < -0.3 is 11.1 Å². The molecule has 1 aromatic carbocycles. The molecule has 6 nitrogen and oxygen atoms in total. The minimum Gasteiger partial charge on any atom is -0.398 e. The highest BCUT2D eigenvalue weighted by molar-refractivity contribution is 7.89. The molecule has 1 fully saturated rings. The average molecular weight is 297 g/mol. The molecule has 0 spiro atoms. The van der Waals surface area contributed by atoms with E-state index >= 15 is 0 Å². The van der Waals surface area contributed by atoms with Crippen molar-refractivity contribution in [2.24, 2.45) is 0 Å². The van der Waals surface area contributed by atoms with Crippen LogP contribution >= 0.6 is 0 Å². The molecule has 2 rings (SSSR count). The van der Waals surface area contributed by atoms with Crippen molar-refractivity contribution in [3.8, 4) is 0 Å². The van der Waals surface area contributed by atoms with Crippen molar-refractivity contribution < 1.29 is 13.2 Å². The monoisotopic (exact) mass is 297 g/mol. The Balaban J connectivity index is 2.31. The van der Waals surface area contributed by atoms with E-state index < -0.39 is 16.1 Å². The van der Waals surface area contributed by atoms with Crippen LogP contribution in [0.3, 0.4) is 0 Å². The Bertz CT molecular complexity index is 641. The number of hydrogen-bond donors (Lipinski definition) is 3. The number of nitrogen functional groups attached to an aromatic ring is 1. The number of amides is 1. The lowest BCUT2D eigenvalue weighted by atomic mass is 10.1. The molecule has 1 atom stereocenters. The number of nitrogens with one attached hydrogen (secondary N) is 2. The van der Waals surface area contributed by atoms with Crippen LogP contribution < -0.4 is 15.8 Å². The van der Waals surface area contributed by atoms with Gasteiger partial charge in [0, 0.05) is 6.54 Å². The summed E-state index contributed by atoms with van der Waals surface area (Å²) in [6, 6.07) is 2.44. The van der Waals surface area contributed by atoms with Crippen LogP contribution in [-0.4, -0.2) is 26.9 Å². The van der Waals surface area contributed by atoms with Crippen LogP contribution in [0.2, 0.25) is 0 Å². The van der Waals surface area contributed by atoms with Gasteiger partial charge in [0.25, 0.3) is 0 Å². The van der Waals surface area contributed by atoms with Gasteiger partial charge >= 0.3 is 0 Å². The Morgan fingerprint density at radius 2 is 1.95 bits per heavy atom. The van der Waals surface area contributed by atoms with Gasteiger partial charge in [-0.3, -0.25) is 4.79 Å². The molecule has 4 N–H and O–H groups in total. The fourth-order valence-corrected chi connectivity index (χ4v) is 3.61. The Hall–Kier alpha value is -1.60. The molecule has 110 valence electrons. The van der Waals surface area contributed by atoms with Gasteiger partial charge in [-0.25, -0.2) is 8.42 Å². The number of nitrogens with two attached hydrogens (primary N) is 1. The van der Waals surface area contributed by atoms with Crippen LogP contribution in [0.1, 0.15) is 24.0 Å². The minimum absolute atomic E-state index is 0.0268. The van der Waals surface area contributed by atoms with Crippen LogP contribution in [-0.2, 0) is 14.8 Å². The second-order valence-corrected chi connectivity index (χ2v) is 6.76. The first kappa shape index (κ1) is 14.8. The zero-order valence-corrected chi connectivity index (χ0v) is 12.4. The molecule has 1 aromatic rings. The largest absolute Gasteiger partial charge is 0.398 e. The van der Waals surface area contributed by atoms with Gasteiger partial charge in [-0.15, -0.1) is 0 Å². The van der Waals surface area contributed by atoms with E-state index in [9.17, 15) is 13.2 Å². The number of anilines is 1. The lowest BCUT2D eigenvalue weighted by Crippen LogP contribution is -2.50. The molecule has 0 bridgehead atoms. The van der Waals surface area contributed by atoms with Crippen molar-refractivity contribution in [2.75, 3.05) is 12.3 Å². The second kappa shape index (κ2) is 5.41. The van der Waals surface area contributed by atoms with E-state index in [2.05, 4.69) is 10.0 Å². The van der Waals surface area contributed by atoms with E-state index in [-0.39, 0.29) is 16.5 Å². The zero-order valence-electron chi connectivity index (χ0n) is 11.6. The van der Waals surface area contributed by atoms with Crippen molar-refractivity contribution in [3.63, 3.8) is 0 Å². The Kier molecular flexibility index (Phi) is 4.01. The summed E-state index contributed by atoms with van der Waals surface area (Å²) in [7, 11) is -3.80. The standard InChI is InChI=1S/C13H19N3O3S/c1-8-6-10(14)12(7-9(8)2)20(18,19)16-11-4-3-5-15-13(11)17/h6-7,11,16H,3-5,14H2,1-2H3,(H,15,17). The summed E-state index contributed by atoms with van der Waals surface area (Å²) < 4.78 is 27.1. The molecule has 1 amide bonds. The highest BCUT2D eigenvalue weighted by Gasteiger charge is 2.28. The third kappa shape index (κ3) is 2.94. The Labute approximate surface area is 118 Å². The number of hydrogen-bond acceptors (Lipinski definition) is 4. The van der Waals surface area contributed by atoms with Crippen molar-refractivity contribution in [1.29, 1.82) is 0 Å². The predicted octanol–water partition coefficient (Wildman–Crippen LogP) is 0.443. The van der Waals surface area contributed by atoms with Gasteiger partial charge in [-0.1, -0.05) is 0 Å². The summed E-state index contributed by atoms with van der Waals surface area (Å²) in [6.45, 7) is 4.27. The first-order chi connectivity index (χ1) is 9.31. The van der Waals surface area contributed by atoms with Gasteiger partial charge in [0.15, 0.2) is 0 Å². The van der Waals surface area contributed by atoms with Crippen LogP contribution in [0.25, 0.3) is 0 Å². The first-order valence-corrected chi connectivity index (χ1v) is 7.96. The molecule has 0 saturated carbocycles. The molecule has 20 heavy (non-hydrogen) atoms. The van der Waals surface area contributed by atoms with Gasteiger partial charge in [0.05, 0.1) is 5.69 Å². The van der Waals surface area contributed by atoms with E-state index in [1.54, 1.807) is 6.07 Å². The minimum atomic E-state index is -3.80. The first-order valence-electron chi connectivity index (χ1n) is 6.48. The van der Waals surface area contributed by atoms with Crippen LogP contribution in [0.4, 0.5) is 5.69 Å². The fourth-order valence-electron chi connectivity index (χ4n) is 2.18. The van der Waals surface area contributed by atoms with Gasteiger partial charge in [0.1, 0.15) is 10.9 Å². The number of piperidine rings is 1. The summed E-state index contributed by atoms with van der Waals surface area (Å²) >= 11 is 0. The normalized spacial score (nSPS) is 19.7. The Morgan fingerprint density at radius 3 is 2.60 bits per heavy atom. The molecule has 0 aromatic heterocycles. The van der Waals surface area contributed by atoms with Gasteiger partial charge in [-0.05, 0) is 49.9 Å². The predicted molar refractivity (Wildman–Crippen MR) is 76.7 cm³/mol. The summed E-state index contributed by atoms with van der Waals surface area (Å²) in [5, 5.41) is 2.64. The molecule has 0 radical (unpaired) electrons. The third-order valence-electron chi connectivity index (χ3n) is 3.50. The lowest BCUT2D eigenvalue weighted by molar-refractivity contribution is -0.124. The summed E-state index contributed by atoms with van der Waals surface area (Å²) in [5.41, 5.74) is 7.76. The number of aryl methyl sites for hydroxylation is 2. The second-order valence-electron chi connectivity index (χ2n) is 5.08. The number of sulfonamides is 1. The number of carbonyl (C=O) groups excluding carboxylic acids is 1. The van der Waals surface area contributed by atoms with E-state index in [0.29, 0.717) is 13.0 Å². The quantitative estimate of drug-likeness (QED) is 0.705. The van der Waals surface area contributed by atoms with E-state index in [0.717, 1.165) is 17.5 Å². The maximum absolute atomic E-state index is 12.4. The maximum Gasteiger partial charge on any atom is 0.243 e. The molecule has 1 heterocycles. The van der Waals surface area contributed by atoms with Crippen molar-refractivity contribution in [2.45, 2.75) is 37.6 Å². The molecule has 1 unspecified atom stereocenters. The molecule has 1 saturated heterocycles. The highest BCUT2D eigenvalue weighted by Crippen LogP contribution is 2.23. The summed E-state index contributed by atoms with van der Waals surface area (Å²) in [6.07, 6.45) is 1.25. The van der Waals surface area contributed by atoms with Crippen LogP contribution in [0, 0.1) is 13.8 Å². The number of benzene rings is 1. The average Bonchev–Trinajstić information content (AvgIpc) is 2.36. The topological polar surface area (TPSA) is 101 Å². The van der Waals surface area contributed by atoms with Crippen molar-refractivity contribution in [3.05, 3.63) is 23.3 Å². The van der Waals surface area contributed by atoms with Crippen LogP contribution in [0.5, 0.6) is 0 Å². The summed E-state index contributed by atoms with van der Waals surface area (Å²) in [5.74, 6) is -0.290. The molecule has 1 aliphatic heterocycles. The van der Waals surface area contributed by atoms with Crippen LogP contribution in [0.15, 0.2) is 17.0 Å². The number of rotatable bonds is 3. The number of carbonyl (C=O) groups is 1. The van der Waals surface area contributed by atoms with E-state index in [4.69, 9.17) is 5.73 Å². The third-order valence-corrected chi connectivity index (χ3v) is 5.03. The lowest BCUT2D eigenvalue weighted by Gasteiger charge is -2.23.